The Labute approximate surface area is 208 Å². The quantitative estimate of drug-likeness (QED) is 0.296. The molecule has 0 bridgehead atoms. The summed E-state index contributed by atoms with van der Waals surface area (Å²) in [6.45, 7) is 4.18. The van der Waals surface area contributed by atoms with Gasteiger partial charge in [0.15, 0.2) is 0 Å². The molecule has 0 aliphatic carbocycles. The van der Waals surface area contributed by atoms with Crippen molar-refractivity contribution in [1.29, 1.82) is 0 Å². The number of ether oxygens (including phenoxy) is 1. The van der Waals surface area contributed by atoms with Crippen LogP contribution in [0.2, 0.25) is 0 Å². The lowest BCUT2D eigenvalue weighted by Gasteiger charge is -2.27. The number of rotatable bonds is 5. The molecule has 0 aromatic heterocycles. The van der Waals surface area contributed by atoms with Crippen LogP contribution in [0.1, 0.15) is 22.3 Å². The molecule has 0 atom stereocenters. The first-order valence-electron chi connectivity index (χ1n) is 11.6. The predicted octanol–water partition coefficient (Wildman–Crippen LogP) is 5.70. The van der Waals surface area contributed by atoms with Crippen molar-refractivity contribution in [3.63, 3.8) is 0 Å². The number of nitrogens with one attached hydrogen (secondary N) is 1. The van der Waals surface area contributed by atoms with E-state index in [1.54, 1.807) is 36.4 Å². The van der Waals surface area contributed by atoms with E-state index in [9.17, 15) is 14.4 Å². The second-order valence-electron chi connectivity index (χ2n) is 8.84. The Bertz CT molecular complexity index is 1520. The molecule has 1 aliphatic rings. The number of imide groups is 2. The molecule has 6 heteroatoms. The summed E-state index contributed by atoms with van der Waals surface area (Å²) in [5.74, 6) is -0.718. The molecule has 178 valence electrons. The zero-order chi connectivity index (χ0) is 25.2. The Hall–Kier alpha value is -4.71. The van der Waals surface area contributed by atoms with Crippen molar-refractivity contribution in [2.45, 2.75) is 20.5 Å². The van der Waals surface area contributed by atoms with E-state index in [0.717, 1.165) is 27.0 Å². The van der Waals surface area contributed by atoms with Gasteiger partial charge in [-0.25, -0.2) is 9.69 Å². The van der Waals surface area contributed by atoms with E-state index >= 15 is 0 Å². The van der Waals surface area contributed by atoms with Gasteiger partial charge < -0.3 is 4.74 Å². The Morgan fingerprint density at radius 1 is 0.806 bits per heavy atom. The molecule has 4 amide bonds. The number of carbonyl (C=O) groups is 3. The number of hydrogen-bond acceptors (Lipinski definition) is 4. The highest BCUT2D eigenvalue weighted by Gasteiger charge is 2.36. The number of anilines is 1. The molecule has 4 aromatic rings. The summed E-state index contributed by atoms with van der Waals surface area (Å²) in [5, 5.41) is 4.60. The molecule has 0 spiro atoms. The summed E-state index contributed by atoms with van der Waals surface area (Å²) in [7, 11) is 0. The van der Waals surface area contributed by atoms with Crippen LogP contribution in [0, 0.1) is 13.8 Å². The number of fused-ring (bicyclic) bond motifs is 1. The smallest absolute Gasteiger partial charge is 0.335 e. The lowest BCUT2D eigenvalue weighted by atomic mass is 10.1. The molecule has 36 heavy (non-hydrogen) atoms. The molecule has 1 fully saturated rings. The number of aryl methyl sites for hydroxylation is 2. The molecule has 1 heterocycles. The van der Waals surface area contributed by atoms with E-state index in [2.05, 4.69) is 29.6 Å². The number of carbonyl (C=O) groups excluding carboxylic acids is 3. The van der Waals surface area contributed by atoms with Gasteiger partial charge in [-0.2, -0.15) is 0 Å². The third-order valence-electron chi connectivity index (χ3n) is 5.98. The Balaban J connectivity index is 1.32. The van der Waals surface area contributed by atoms with Crippen LogP contribution in [0.4, 0.5) is 10.5 Å². The Kier molecular flexibility index (Phi) is 6.09. The van der Waals surface area contributed by atoms with E-state index in [-0.39, 0.29) is 5.57 Å². The second kappa shape index (κ2) is 9.50. The lowest BCUT2D eigenvalue weighted by Crippen LogP contribution is -2.54. The van der Waals surface area contributed by atoms with Crippen molar-refractivity contribution in [3.8, 4) is 5.75 Å². The maximum absolute atomic E-state index is 13.1. The largest absolute Gasteiger partial charge is 0.489 e. The number of amides is 4. The molecular formula is C30H24N2O4. The van der Waals surface area contributed by atoms with Gasteiger partial charge in [-0.3, -0.25) is 14.9 Å². The van der Waals surface area contributed by atoms with Crippen LogP contribution in [-0.4, -0.2) is 17.8 Å². The van der Waals surface area contributed by atoms with Crippen molar-refractivity contribution in [2.24, 2.45) is 0 Å². The summed E-state index contributed by atoms with van der Waals surface area (Å²) in [6, 6.07) is 26.1. The summed E-state index contributed by atoms with van der Waals surface area (Å²) >= 11 is 0. The minimum atomic E-state index is -0.760. The lowest BCUT2D eigenvalue weighted by molar-refractivity contribution is -0.122. The predicted molar refractivity (Wildman–Crippen MR) is 140 cm³/mol. The van der Waals surface area contributed by atoms with Gasteiger partial charge in [0.25, 0.3) is 11.8 Å². The number of barbiturate groups is 1. The summed E-state index contributed by atoms with van der Waals surface area (Å²) < 4.78 is 5.92. The molecule has 4 aromatic carbocycles. The topological polar surface area (TPSA) is 75.7 Å². The second-order valence-corrected chi connectivity index (χ2v) is 8.84. The van der Waals surface area contributed by atoms with E-state index in [1.165, 1.54) is 11.5 Å². The highest BCUT2D eigenvalue weighted by molar-refractivity contribution is 6.39. The average Bonchev–Trinajstić information content (AvgIpc) is 2.85. The molecule has 6 nitrogen and oxygen atoms in total. The van der Waals surface area contributed by atoms with E-state index in [1.807, 2.05) is 38.1 Å². The van der Waals surface area contributed by atoms with Gasteiger partial charge in [0.05, 0.1) is 5.69 Å². The standard InChI is InChI=1S/C30H24N2O4/c1-19-13-20(2)15-25(14-19)32-29(34)27(28(33)31-30(32)35)17-21-8-11-26(12-9-21)36-18-22-7-10-23-5-3-4-6-24(23)16-22/h3-17H,18H2,1-2H3,(H,31,33,35)/b27-17+. The fourth-order valence-corrected chi connectivity index (χ4v) is 4.29. The SMILES string of the molecule is Cc1cc(C)cc(N2C(=O)NC(=O)/C(=C\c3ccc(OCc4ccc5ccccc5c4)cc3)C2=O)c1. The molecule has 1 N–H and O–H groups in total. The van der Waals surface area contributed by atoms with Gasteiger partial charge >= 0.3 is 6.03 Å². The number of benzene rings is 4. The number of urea groups is 1. The zero-order valence-electron chi connectivity index (χ0n) is 19.9. The van der Waals surface area contributed by atoms with Crippen LogP contribution >= 0.6 is 0 Å². The maximum Gasteiger partial charge on any atom is 0.335 e. The van der Waals surface area contributed by atoms with Gasteiger partial charge in [-0.05, 0) is 83.3 Å². The first kappa shape index (κ1) is 23.1. The van der Waals surface area contributed by atoms with Crippen molar-refractivity contribution in [1.82, 2.24) is 5.32 Å². The van der Waals surface area contributed by atoms with Gasteiger partial charge in [0.2, 0.25) is 0 Å². The first-order valence-corrected chi connectivity index (χ1v) is 11.6. The highest BCUT2D eigenvalue weighted by Crippen LogP contribution is 2.25. The summed E-state index contributed by atoms with van der Waals surface area (Å²) in [6.07, 6.45) is 1.48. The Morgan fingerprint density at radius 3 is 2.22 bits per heavy atom. The minimum Gasteiger partial charge on any atom is -0.489 e. The average molecular weight is 477 g/mol. The van der Waals surface area contributed by atoms with Gasteiger partial charge in [-0.15, -0.1) is 0 Å². The van der Waals surface area contributed by atoms with Gasteiger partial charge in [0.1, 0.15) is 17.9 Å². The normalized spacial score (nSPS) is 14.9. The summed E-state index contributed by atoms with van der Waals surface area (Å²) in [5.41, 5.74) is 3.82. The molecule has 1 aliphatic heterocycles. The van der Waals surface area contributed by atoms with E-state index in [4.69, 9.17) is 4.74 Å². The van der Waals surface area contributed by atoms with Crippen LogP contribution in [-0.2, 0) is 16.2 Å². The third kappa shape index (κ3) is 4.74. The maximum atomic E-state index is 13.1. The molecule has 0 radical (unpaired) electrons. The molecular weight excluding hydrogens is 452 g/mol. The van der Waals surface area contributed by atoms with E-state index < -0.39 is 17.8 Å². The zero-order valence-corrected chi connectivity index (χ0v) is 19.9. The first-order chi connectivity index (χ1) is 17.4. The van der Waals surface area contributed by atoms with Gasteiger partial charge in [-0.1, -0.05) is 54.6 Å². The van der Waals surface area contributed by atoms with Crippen molar-refractivity contribution >= 4 is 40.4 Å². The monoisotopic (exact) mass is 476 g/mol. The van der Waals surface area contributed by atoms with Crippen molar-refractivity contribution in [2.75, 3.05) is 4.90 Å². The Morgan fingerprint density at radius 2 is 1.50 bits per heavy atom. The molecule has 0 unspecified atom stereocenters. The van der Waals surface area contributed by atoms with Crippen LogP contribution in [0.25, 0.3) is 16.8 Å². The van der Waals surface area contributed by atoms with Crippen LogP contribution in [0.15, 0.2) is 90.5 Å². The van der Waals surface area contributed by atoms with E-state index in [0.29, 0.717) is 23.6 Å². The van der Waals surface area contributed by atoms with Crippen LogP contribution in [0.5, 0.6) is 5.75 Å². The number of hydrogen-bond donors (Lipinski definition) is 1. The van der Waals surface area contributed by atoms with Crippen LogP contribution in [0.3, 0.4) is 0 Å². The summed E-state index contributed by atoms with van der Waals surface area (Å²) in [4.78, 5) is 39.1. The third-order valence-corrected chi connectivity index (χ3v) is 5.98. The highest BCUT2D eigenvalue weighted by atomic mass is 16.5. The number of nitrogens with zero attached hydrogens (tertiary/aromatic N) is 1. The fourth-order valence-electron chi connectivity index (χ4n) is 4.29. The molecule has 0 saturated carbocycles. The van der Waals surface area contributed by atoms with Crippen LogP contribution < -0.4 is 15.0 Å². The van der Waals surface area contributed by atoms with Gasteiger partial charge in [0, 0.05) is 0 Å². The van der Waals surface area contributed by atoms with Crippen molar-refractivity contribution in [3.05, 3.63) is 113 Å². The molecule has 5 rings (SSSR count). The molecule has 1 saturated heterocycles. The fraction of sp³-hybridized carbons (Fsp3) is 0.100. The minimum absolute atomic E-state index is 0.112. The van der Waals surface area contributed by atoms with Crippen molar-refractivity contribution < 1.29 is 19.1 Å².